The standard InChI is InChI=1S/C20H22N2O6/c1-12(22-14-7-5-6-8-15(14)28-20(22)24)19(23)21-11-13-9-17(26-3)18(27-4)10-16(13)25-2/h5-10,12H,11H2,1-4H3,(H,21,23). The number of hydrogen-bond acceptors (Lipinski definition) is 6. The number of nitrogens with one attached hydrogen (secondary N) is 1. The number of ether oxygens (including phenoxy) is 3. The topological polar surface area (TPSA) is 91.9 Å². The minimum Gasteiger partial charge on any atom is -0.496 e. The third-order valence-corrected chi connectivity index (χ3v) is 4.53. The Morgan fingerprint density at radius 2 is 1.71 bits per heavy atom. The molecule has 28 heavy (non-hydrogen) atoms. The fourth-order valence-electron chi connectivity index (χ4n) is 3.03. The van der Waals surface area contributed by atoms with Crippen molar-refractivity contribution in [2.24, 2.45) is 0 Å². The summed E-state index contributed by atoms with van der Waals surface area (Å²) in [5.74, 6) is 0.700. The third kappa shape index (κ3) is 3.53. The summed E-state index contributed by atoms with van der Waals surface area (Å²) in [6, 6.07) is 9.66. The Hall–Kier alpha value is -3.42. The number of carbonyl (C=O) groups excluding carboxylic acids is 1. The molecule has 3 aromatic rings. The largest absolute Gasteiger partial charge is 0.496 e. The van der Waals surface area contributed by atoms with Gasteiger partial charge in [-0.25, -0.2) is 4.79 Å². The molecule has 8 heteroatoms. The van der Waals surface area contributed by atoms with E-state index in [9.17, 15) is 9.59 Å². The summed E-state index contributed by atoms with van der Waals surface area (Å²) in [6.45, 7) is 1.84. The zero-order valence-electron chi connectivity index (χ0n) is 16.1. The minimum atomic E-state index is -0.748. The molecule has 0 aliphatic heterocycles. The Morgan fingerprint density at radius 1 is 1.07 bits per heavy atom. The lowest BCUT2D eigenvalue weighted by molar-refractivity contribution is -0.124. The number of nitrogens with zero attached hydrogens (tertiary/aromatic N) is 1. The fraction of sp³-hybridized carbons (Fsp3) is 0.300. The Kier molecular flexibility index (Phi) is 5.58. The molecule has 3 rings (SSSR count). The van der Waals surface area contributed by atoms with Crippen molar-refractivity contribution >= 4 is 17.0 Å². The number of hydrogen-bond donors (Lipinski definition) is 1. The molecule has 0 saturated carbocycles. The summed E-state index contributed by atoms with van der Waals surface area (Å²) in [4.78, 5) is 24.9. The van der Waals surface area contributed by atoms with Gasteiger partial charge in [0.25, 0.3) is 0 Å². The van der Waals surface area contributed by atoms with Crippen LogP contribution in [0.5, 0.6) is 17.2 Å². The van der Waals surface area contributed by atoms with Gasteiger partial charge in [0.15, 0.2) is 17.1 Å². The highest BCUT2D eigenvalue weighted by Gasteiger charge is 2.21. The predicted molar refractivity (Wildman–Crippen MR) is 103 cm³/mol. The third-order valence-electron chi connectivity index (χ3n) is 4.53. The van der Waals surface area contributed by atoms with Gasteiger partial charge in [-0.1, -0.05) is 12.1 Å². The van der Waals surface area contributed by atoms with E-state index in [1.54, 1.807) is 43.3 Å². The first kappa shape index (κ1) is 19.3. The Bertz CT molecular complexity index is 1050. The van der Waals surface area contributed by atoms with Crippen molar-refractivity contribution in [1.29, 1.82) is 0 Å². The van der Waals surface area contributed by atoms with Crippen molar-refractivity contribution in [2.75, 3.05) is 21.3 Å². The maximum Gasteiger partial charge on any atom is 0.420 e. The molecule has 1 amide bonds. The summed E-state index contributed by atoms with van der Waals surface area (Å²) in [7, 11) is 4.60. The molecular formula is C20H22N2O6. The number of para-hydroxylation sites is 2. The van der Waals surface area contributed by atoms with Crippen molar-refractivity contribution in [2.45, 2.75) is 19.5 Å². The van der Waals surface area contributed by atoms with Crippen LogP contribution in [-0.2, 0) is 11.3 Å². The molecule has 0 radical (unpaired) electrons. The predicted octanol–water partition coefficient (Wildman–Crippen LogP) is 2.50. The van der Waals surface area contributed by atoms with Crippen LogP contribution in [0.3, 0.4) is 0 Å². The van der Waals surface area contributed by atoms with Crippen LogP contribution in [0.25, 0.3) is 11.1 Å². The van der Waals surface area contributed by atoms with Gasteiger partial charge in [-0.3, -0.25) is 9.36 Å². The maximum atomic E-state index is 12.7. The second-order valence-electron chi connectivity index (χ2n) is 6.12. The van der Waals surface area contributed by atoms with Crippen molar-refractivity contribution in [3.8, 4) is 17.2 Å². The minimum absolute atomic E-state index is 0.192. The zero-order valence-corrected chi connectivity index (χ0v) is 16.1. The van der Waals surface area contributed by atoms with E-state index in [-0.39, 0.29) is 12.5 Å². The van der Waals surface area contributed by atoms with Gasteiger partial charge >= 0.3 is 5.76 Å². The van der Waals surface area contributed by atoms with Crippen LogP contribution in [-0.4, -0.2) is 31.8 Å². The number of fused-ring (bicyclic) bond motifs is 1. The molecule has 0 aliphatic carbocycles. The molecule has 1 unspecified atom stereocenters. The maximum absolute atomic E-state index is 12.7. The lowest BCUT2D eigenvalue weighted by atomic mass is 10.1. The average molecular weight is 386 g/mol. The Balaban J connectivity index is 1.82. The summed E-state index contributed by atoms with van der Waals surface area (Å²) in [6.07, 6.45) is 0. The molecule has 148 valence electrons. The molecule has 0 saturated heterocycles. The number of rotatable bonds is 7. The molecule has 0 bridgehead atoms. The highest BCUT2D eigenvalue weighted by Crippen LogP contribution is 2.34. The van der Waals surface area contributed by atoms with E-state index in [1.807, 2.05) is 0 Å². The number of aromatic nitrogens is 1. The Morgan fingerprint density at radius 3 is 2.39 bits per heavy atom. The number of methoxy groups -OCH3 is 3. The highest BCUT2D eigenvalue weighted by atomic mass is 16.5. The first-order valence-corrected chi connectivity index (χ1v) is 8.66. The van der Waals surface area contributed by atoms with Gasteiger partial charge in [0.2, 0.25) is 5.91 Å². The van der Waals surface area contributed by atoms with Crippen LogP contribution in [0.15, 0.2) is 45.6 Å². The van der Waals surface area contributed by atoms with E-state index < -0.39 is 11.8 Å². The van der Waals surface area contributed by atoms with E-state index in [1.165, 1.54) is 25.9 Å². The molecule has 1 aromatic heterocycles. The molecule has 0 spiro atoms. The molecule has 1 heterocycles. The van der Waals surface area contributed by atoms with Gasteiger partial charge in [0, 0.05) is 18.2 Å². The molecule has 0 fully saturated rings. The van der Waals surface area contributed by atoms with Gasteiger partial charge in [0.05, 0.1) is 26.8 Å². The second-order valence-corrected chi connectivity index (χ2v) is 6.12. The van der Waals surface area contributed by atoms with Crippen LogP contribution < -0.4 is 25.3 Å². The van der Waals surface area contributed by atoms with Crippen LogP contribution in [0.2, 0.25) is 0 Å². The summed E-state index contributed by atoms with van der Waals surface area (Å²) in [5, 5.41) is 2.83. The molecular weight excluding hydrogens is 364 g/mol. The lowest BCUT2D eigenvalue weighted by Gasteiger charge is -2.16. The van der Waals surface area contributed by atoms with Crippen LogP contribution in [0, 0.1) is 0 Å². The van der Waals surface area contributed by atoms with E-state index >= 15 is 0 Å². The highest BCUT2D eigenvalue weighted by molar-refractivity contribution is 5.83. The van der Waals surface area contributed by atoms with Crippen molar-refractivity contribution in [1.82, 2.24) is 9.88 Å². The molecule has 2 aromatic carbocycles. The monoisotopic (exact) mass is 386 g/mol. The number of amides is 1. The summed E-state index contributed by atoms with van der Waals surface area (Å²) >= 11 is 0. The fourth-order valence-corrected chi connectivity index (χ4v) is 3.03. The number of carbonyl (C=O) groups is 1. The van der Waals surface area contributed by atoms with Gasteiger partial charge < -0.3 is 23.9 Å². The average Bonchev–Trinajstić information content (AvgIpc) is 3.06. The van der Waals surface area contributed by atoms with E-state index in [4.69, 9.17) is 18.6 Å². The Labute approximate surface area is 161 Å². The van der Waals surface area contributed by atoms with Gasteiger partial charge in [-0.15, -0.1) is 0 Å². The van der Waals surface area contributed by atoms with Crippen LogP contribution in [0.4, 0.5) is 0 Å². The smallest absolute Gasteiger partial charge is 0.420 e. The van der Waals surface area contributed by atoms with E-state index in [2.05, 4.69) is 5.32 Å². The van der Waals surface area contributed by atoms with Crippen molar-refractivity contribution < 1.29 is 23.4 Å². The number of benzene rings is 2. The first-order chi connectivity index (χ1) is 13.5. The number of oxazole rings is 1. The van der Waals surface area contributed by atoms with Crippen molar-refractivity contribution in [3.63, 3.8) is 0 Å². The molecule has 0 aliphatic rings. The van der Waals surface area contributed by atoms with Gasteiger partial charge in [-0.2, -0.15) is 0 Å². The lowest BCUT2D eigenvalue weighted by Crippen LogP contribution is -2.34. The first-order valence-electron chi connectivity index (χ1n) is 8.66. The van der Waals surface area contributed by atoms with Crippen molar-refractivity contribution in [3.05, 3.63) is 52.5 Å². The quantitative estimate of drug-likeness (QED) is 0.671. The zero-order chi connectivity index (χ0) is 20.3. The SMILES string of the molecule is COc1cc(OC)c(OC)cc1CNC(=O)C(C)n1c(=O)oc2ccccc21. The molecule has 1 N–H and O–H groups in total. The van der Waals surface area contributed by atoms with E-state index in [0.29, 0.717) is 33.9 Å². The normalized spacial score (nSPS) is 11.9. The van der Waals surface area contributed by atoms with Crippen LogP contribution >= 0.6 is 0 Å². The van der Waals surface area contributed by atoms with Crippen LogP contribution in [0.1, 0.15) is 18.5 Å². The second kappa shape index (κ2) is 8.08. The molecule has 8 nitrogen and oxygen atoms in total. The van der Waals surface area contributed by atoms with Gasteiger partial charge in [0.1, 0.15) is 11.8 Å². The summed E-state index contributed by atoms with van der Waals surface area (Å²) in [5.41, 5.74) is 1.72. The van der Waals surface area contributed by atoms with E-state index in [0.717, 1.165) is 0 Å². The molecule has 1 atom stereocenters. The van der Waals surface area contributed by atoms with Gasteiger partial charge in [-0.05, 0) is 25.1 Å². The summed E-state index contributed by atoms with van der Waals surface area (Å²) < 4.78 is 22.5.